The second-order valence-electron chi connectivity index (χ2n) is 2.94. The fourth-order valence-electron chi connectivity index (χ4n) is 0.971. The first-order valence-electron chi connectivity index (χ1n) is 4.15. The van der Waals surface area contributed by atoms with Crippen LogP contribution in [-0.2, 0) is 0 Å². The zero-order chi connectivity index (χ0) is 11.5. The van der Waals surface area contributed by atoms with Crippen molar-refractivity contribution in [1.29, 1.82) is 5.41 Å². The lowest BCUT2D eigenvalue weighted by atomic mass is 10.1. The lowest BCUT2D eigenvalue weighted by Crippen LogP contribution is -2.11. The van der Waals surface area contributed by atoms with Gasteiger partial charge in [0.25, 0.3) is 0 Å². The molecule has 0 aliphatic heterocycles. The molecule has 0 aliphatic rings. The predicted octanol–water partition coefficient (Wildman–Crippen LogP) is 3.55. The smallest absolute Gasteiger partial charge is 0.303 e. The Hall–Kier alpha value is -0.910. The maximum atomic E-state index is 11.9. The van der Waals surface area contributed by atoms with Crippen molar-refractivity contribution >= 4 is 21.6 Å². The van der Waals surface area contributed by atoms with Gasteiger partial charge in [0.05, 0.1) is 11.4 Å². The van der Waals surface area contributed by atoms with Crippen LogP contribution < -0.4 is 0 Å². The Kier molecular flexibility index (Phi) is 3.84. The summed E-state index contributed by atoms with van der Waals surface area (Å²) in [6, 6.07) is 4.80. The molecule has 0 fully saturated rings. The van der Waals surface area contributed by atoms with Crippen LogP contribution in [0.1, 0.15) is 18.5 Å². The van der Waals surface area contributed by atoms with Crippen LogP contribution in [-0.4, -0.2) is 16.9 Å². The van der Waals surface area contributed by atoms with E-state index in [0.717, 1.165) is 0 Å². The molecule has 0 amide bonds. The Morgan fingerprint density at radius 1 is 1.40 bits per heavy atom. The molecule has 82 valence electrons. The summed E-state index contributed by atoms with van der Waals surface area (Å²) in [5.41, 5.74) is 0.169. The van der Waals surface area contributed by atoms with Crippen LogP contribution in [0.3, 0.4) is 0 Å². The lowest BCUT2D eigenvalue weighted by molar-refractivity contribution is -0.132. The van der Waals surface area contributed by atoms with Crippen molar-refractivity contribution in [3.05, 3.63) is 28.5 Å². The topological polar surface area (TPSA) is 36.7 Å². The van der Waals surface area contributed by atoms with Crippen LogP contribution in [0.15, 0.2) is 22.8 Å². The van der Waals surface area contributed by atoms with Gasteiger partial charge in [-0.05, 0) is 34.5 Å². The molecule has 0 spiro atoms. The number of pyridine rings is 1. The maximum absolute atomic E-state index is 11.9. The number of aromatic nitrogens is 1. The minimum absolute atomic E-state index is 0.103. The molecule has 1 rings (SSSR count). The van der Waals surface area contributed by atoms with Gasteiger partial charge in [0.1, 0.15) is 4.60 Å². The van der Waals surface area contributed by atoms with Crippen molar-refractivity contribution in [1.82, 2.24) is 4.98 Å². The average molecular weight is 281 g/mol. The third kappa shape index (κ3) is 4.42. The van der Waals surface area contributed by atoms with Gasteiger partial charge in [0, 0.05) is 6.42 Å². The van der Waals surface area contributed by atoms with E-state index in [0.29, 0.717) is 4.60 Å². The van der Waals surface area contributed by atoms with Gasteiger partial charge < -0.3 is 5.41 Å². The molecule has 0 atom stereocenters. The predicted molar refractivity (Wildman–Crippen MR) is 54.1 cm³/mol. The SMILES string of the molecule is N=C(CCC(F)(F)F)c1cccc(Br)n1. The van der Waals surface area contributed by atoms with Crippen molar-refractivity contribution in [3.63, 3.8) is 0 Å². The first-order valence-corrected chi connectivity index (χ1v) is 4.95. The van der Waals surface area contributed by atoms with Crippen LogP contribution in [0.25, 0.3) is 0 Å². The number of nitrogens with zero attached hydrogens (tertiary/aromatic N) is 1. The van der Waals surface area contributed by atoms with Gasteiger partial charge in [-0.2, -0.15) is 13.2 Å². The van der Waals surface area contributed by atoms with Gasteiger partial charge in [-0.25, -0.2) is 4.98 Å². The molecular formula is C9H8BrF3N2. The van der Waals surface area contributed by atoms with Gasteiger partial charge in [-0.3, -0.25) is 0 Å². The molecule has 1 N–H and O–H groups in total. The molecule has 0 bridgehead atoms. The van der Waals surface area contributed by atoms with E-state index in [4.69, 9.17) is 5.41 Å². The Morgan fingerprint density at radius 3 is 2.60 bits per heavy atom. The van der Waals surface area contributed by atoms with E-state index >= 15 is 0 Å². The summed E-state index contributed by atoms with van der Waals surface area (Å²) in [7, 11) is 0. The van der Waals surface area contributed by atoms with Crippen LogP contribution in [0.2, 0.25) is 0 Å². The maximum Gasteiger partial charge on any atom is 0.389 e. The molecule has 0 saturated heterocycles. The van der Waals surface area contributed by atoms with Crippen molar-refractivity contribution in [3.8, 4) is 0 Å². The molecule has 0 radical (unpaired) electrons. The Bertz CT molecular complexity index is 363. The summed E-state index contributed by atoms with van der Waals surface area (Å²) in [5, 5.41) is 7.42. The number of alkyl halides is 3. The number of nitrogens with one attached hydrogen (secondary N) is 1. The van der Waals surface area contributed by atoms with E-state index < -0.39 is 12.6 Å². The third-order valence-electron chi connectivity index (χ3n) is 1.68. The first-order chi connectivity index (χ1) is 6.88. The summed E-state index contributed by atoms with van der Waals surface area (Å²) in [5.74, 6) is 0. The van der Waals surface area contributed by atoms with E-state index in [-0.39, 0.29) is 17.8 Å². The van der Waals surface area contributed by atoms with E-state index in [9.17, 15) is 13.2 Å². The fourth-order valence-corrected chi connectivity index (χ4v) is 1.31. The monoisotopic (exact) mass is 280 g/mol. The molecule has 0 aromatic carbocycles. The minimum Gasteiger partial charge on any atom is -0.303 e. The summed E-state index contributed by atoms with van der Waals surface area (Å²) >= 11 is 3.09. The summed E-state index contributed by atoms with van der Waals surface area (Å²) in [4.78, 5) is 3.90. The highest BCUT2D eigenvalue weighted by Crippen LogP contribution is 2.22. The van der Waals surface area contributed by atoms with Crippen molar-refractivity contribution in [2.45, 2.75) is 19.0 Å². The fraction of sp³-hybridized carbons (Fsp3) is 0.333. The molecule has 1 heterocycles. The highest BCUT2D eigenvalue weighted by Gasteiger charge is 2.27. The molecule has 0 saturated carbocycles. The number of hydrogen-bond donors (Lipinski definition) is 1. The van der Waals surface area contributed by atoms with Crippen LogP contribution in [0.5, 0.6) is 0 Å². The summed E-state index contributed by atoms with van der Waals surface area (Å²) in [6.07, 6.45) is -5.55. The highest BCUT2D eigenvalue weighted by molar-refractivity contribution is 9.10. The summed E-state index contributed by atoms with van der Waals surface area (Å²) in [6.45, 7) is 0. The van der Waals surface area contributed by atoms with Crippen molar-refractivity contribution in [2.75, 3.05) is 0 Å². The number of hydrogen-bond acceptors (Lipinski definition) is 2. The molecule has 2 nitrogen and oxygen atoms in total. The van der Waals surface area contributed by atoms with Crippen LogP contribution >= 0.6 is 15.9 Å². The molecule has 0 unspecified atom stereocenters. The third-order valence-corrected chi connectivity index (χ3v) is 2.12. The number of halogens is 4. The second-order valence-corrected chi connectivity index (χ2v) is 3.75. The Morgan fingerprint density at radius 2 is 2.07 bits per heavy atom. The zero-order valence-electron chi connectivity index (χ0n) is 7.61. The second kappa shape index (κ2) is 4.74. The quantitative estimate of drug-likeness (QED) is 0.667. The Balaban J connectivity index is 2.62. The van der Waals surface area contributed by atoms with Gasteiger partial charge >= 0.3 is 6.18 Å². The van der Waals surface area contributed by atoms with Crippen LogP contribution in [0.4, 0.5) is 13.2 Å². The van der Waals surface area contributed by atoms with E-state index in [1.54, 1.807) is 12.1 Å². The number of rotatable bonds is 3. The zero-order valence-corrected chi connectivity index (χ0v) is 9.19. The van der Waals surface area contributed by atoms with E-state index in [1.165, 1.54) is 6.07 Å². The Labute approximate surface area is 93.2 Å². The first kappa shape index (κ1) is 12.2. The van der Waals surface area contributed by atoms with Crippen molar-refractivity contribution in [2.24, 2.45) is 0 Å². The normalized spacial score (nSPS) is 11.5. The molecule has 1 aromatic heterocycles. The molecule has 15 heavy (non-hydrogen) atoms. The molecule has 1 aromatic rings. The van der Waals surface area contributed by atoms with Gasteiger partial charge in [0.15, 0.2) is 0 Å². The van der Waals surface area contributed by atoms with E-state index in [2.05, 4.69) is 20.9 Å². The van der Waals surface area contributed by atoms with Crippen LogP contribution in [0, 0.1) is 5.41 Å². The molecule has 6 heteroatoms. The lowest BCUT2D eigenvalue weighted by Gasteiger charge is -2.06. The highest BCUT2D eigenvalue weighted by atomic mass is 79.9. The van der Waals surface area contributed by atoms with Crippen molar-refractivity contribution < 1.29 is 13.2 Å². The van der Waals surface area contributed by atoms with E-state index in [1.807, 2.05) is 0 Å². The minimum atomic E-state index is -4.22. The van der Waals surface area contributed by atoms with Gasteiger partial charge in [-0.1, -0.05) is 6.07 Å². The van der Waals surface area contributed by atoms with Gasteiger partial charge in [-0.15, -0.1) is 0 Å². The largest absolute Gasteiger partial charge is 0.389 e. The molecular weight excluding hydrogens is 273 g/mol. The van der Waals surface area contributed by atoms with Gasteiger partial charge in [0.2, 0.25) is 0 Å². The average Bonchev–Trinajstić information content (AvgIpc) is 2.13. The molecule has 0 aliphatic carbocycles. The standard InChI is InChI=1S/C9H8BrF3N2/c10-8-3-1-2-7(15-8)6(14)4-5-9(11,12)13/h1-3,14H,4-5H2. The summed E-state index contributed by atoms with van der Waals surface area (Å²) < 4.78 is 36.2.